The van der Waals surface area contributed by atoms with Gasteiger partial charge >= 0.3 is 18.1 Å². The lowest BCUT2D eigenvalue weighted by Gasteiger charge is -2.37. The van der Waals surface area contributed by atoms with Crippen molar-refractivity contribution in [3.05, 3.63) is 68.3 Å². The van der Waals surface area contributed by atoms with E-state index in [0.29, 0.717) is 60.1 Å². The van der Waals surface area contributed by atoms with Crippen molar-refractivity contribution in [2.75, 3.05) is 44.6 Å². The van der Waals surface area contributed by atoms with Crippen molar-refractivity contribution in [2.45, 2.75) is 50.7 Å². The number of nitrogens with one attached hydrogen (secondary N) is 1. The summed E-state index contributed by atoms with van der Waals surface area (Å²) in [6.07, 6.45) is 3.25. The van der Waals surface area contributed by atoms with Crippen molar-refractivity contribution in [1.29, 1.82) is 0 Å². The van der Waals surface area contributed by atoms with Gasteiger partial charge in [-0.05, 0) is 118 Å². The topological polar surface area (TPSA) is 152 Å². The Morgan fingerprint density at radius 3 is 2.42 bits per heavy atom. The second-order valence-electron chi connectivity index (χ2n) is 12.1. The van der Waals surface area contributed by atoms with Gasteiger partial charge in [-0.25, -0.2) is 9.59 Å². The van der Waals surface area contributed by atoms with Gasteiger partial charge < -0.3 is 30.1 Å². The maximum atomic E-state index is 13.3. The van der Waals surface area contributed by atoms with Crippen LogP contribution in [0.15, 0.2) is 62.1 Å². The van der Waals surface area contributed by atoms with Crippen LogP contribution < -0.4 is 5.32 Å². The Morgan fingerprint density at radius 2 is 1.73 bits per heavy atom. The predicted octanol–water partition coefficient (Wildman–Crippen LogP) is 5.22. The number of carbonyl (C=O) groups is 4. The molecule has 1 atom stereocenters. The highest BCUT2D eigenvalue weighted by atomic mass is 79.9. The zero-order chi connectivity index (χ0) is 34.2. The molecule has 0 spiro atoms. The number of amides is 4. The summed E-state index contributed by atoms with van der Waals surface area (Å²) in [5.74, 6) is 1.14. The van der Waals surface area contributed by atoms with Crippen LogP contribution in [0.25, 0.3) is 0 Å². The Morgan fingerprint density at radius 1 is 1.04 bits per heavy atom. The SMILES string of the molecule is O=C(O)CN1CCC(C=C=C=NC(=O)[C@@H](Cc2cc(Br)c(O)c(Br)c2)OC(=O)N2CCC(N3CCc4ccccc4NC3=O)CC2)CC1. The molecule has 0 saturated carbocycles. The number of hydrogen-bond donors (Lipinski definition) is 3. The number of phenols is 1. The third kappa shape index (κ3) is 9.36. The summed E-state index contributed by atoms with van der Waals surface area (Å²) in [6.45, 7) is 2.61. The number of halogens is 2. The van der Waals surface area contributed by atoms with Crippen molar-refractivity contribution in [3.63, 3.8) is 0 Å². The normalized spacial score (nSPS) is 18.0. The number of para-hydroxylation sites is 1. The Balaban J connectivity index is 1.21. The van der Waals surface area contributed by atoms with E-state index in [1.165, 1.54) is 0 Å². The number of piperidine rings is 2. The first-order valence-corrected chi connectivity index (χ1v) is 17.5. The first kappa shape index (κ1) is 35.4. The number of likely N-dealkylation sites (tertiary alicyclic amines) is 2. The summed E-state index contributed by atoms with van der Waals surface area (Å²) in [5, 5.41) is 22.1. The van der Waals surface area contributed by atoms with Crippen molar-refractivity contribution in [2.24, 2.45) is 10.9 Å². The van der Waals surface area contributed by atoms with Gasteiger partial charge in [0.2, 0.25) is 0 Å². The van der Waals surface area contributed by atoms with Gasteiger partial charge in [-0.15, -0.1) is 0 Å². The molecule has 254 valence electrons. The number of carbonyl (C=O) groups excluding carboxylic acids is 3. The van der Waals surface area contributed by atoms with Gasteiger partial charge in [0.05, 0.1) is 15.5 Å². The number of aromatic hydroxyl groups is 1. The molecule has 14 heteroatoms. The number of rotatable bonds is 8. The molecule has 4 amide bonds. The molecular weight excluding hydrogens is 750 g/mol. The molecular formula is C34H37Br2N5O7. The fourth-order valence-corrected chi connectivity index (χ4v) is 7.49. The Bertz CT molecular complexity index is 1620. The smallest absolute Gasteiger partial charge is 0.410 e. The number of carboxylic acid groups (broad SMARTS) is 1. The molecule has 2 fully saturated rings. The first-order valence-electron chi connectivity index (χ1n) is 15.9. The Kier molecular flexibility index (Phi) is 12.1. The molecule has 0 bridgehead atoms. The van der Waals surface area contributed by atoms with E-state index in [0.717, 1.165) is 30.5 Å². The van der Waals surface area contributed by atoms with Crippen molar-refractivity contribution < 1.29 is 34.1 Å². The molecule has 3 aliphatic rings. The number of hydrogen-bond acceptors (Lipinski definition) is 7. The first-order chi connectivity index (χ1) is 23.1. The number of ether oxygens (including phenoxy) is 1. The van der Waals surface area contributed by atoms with Crippen molar-refractivity contribution in [1.82, 2.24) is 14.7 Å². The summed E-state index contributed by atoms with van der Waals surface area (Å²) in [5.41, 5.74) is 5.34. The Labute approximate surface area is 295 Å². The van der Waals surface area contributed by atoms with Crippen LogP contribution in [0.4, 0.5) is 15.3 Å². The van der Waals surface area contributed by atoms with E-state index < -0.39 is 24.1 Å². The second-order valence-corrected chi connectivity index (χ2v) is 13.8. The number of fused-ring (bicyclic) bond motifs is 1. The number of phenolic OH excluding ortho intramolecular Hbond substituents is 1. The molecule has 48 heavy (non-hydrogen) atoms. The zero-order valence-electron chi connectivity index (χ0n) is 26.2. The van der Waals surface area contributed by atoms with Crippen LogP contribution in [-0.2, 0) is 27.2 Å². The van der Waals surface area contributed by atoms with Crippen LogP contribution in [0.5, 0.6) is 5.75 Å². The molecule has 0 unspecified atom stereocenters. The van der Waals surface area contributed by atoms with Crippen molar-refractivity contribution in [3.8, 4) is 5.75 Å². The lowest BCUT2D eigenvalue weighted by molar-refractivity contribution is -0.138. The quantitative estimate of drug-likeness (QED) is 0.243. The average Bonchev–Trinajstić information content (AvgIpc) is 3.23. The average molecular weight is 788 g/mol. The minimum Gasteiger partial charge on any atom is -0.506 e. The van der Waals surface area contributed by atoms with Crippen LogP contribution in [0.3, 0.4) is 0 Å². The number of benzene rings is 2. The number of urea groups is 1. The van der Waals surface area contributed by atoms with Gasteiger partial charge in [-0.3, -0.25) is 14.5 Å². The van der Waals surface area contributed by atoms with E-state index >= 15 is 0 Å². The monoisotopic (exact) mass is 785 g/mol. The molecule has 12 nitrogen and oxygen atoms in total. The fourth-order valence-electron chi connectivity index (χ4n) is 6.21. The summed E-state index contributed by atoms with van der Waals surface area (Å²) in [7, 11) is 0. The summed E-state index contributed by atoms with van der Waals surface area (Å²) in [4.78, 5) is 59.7. The molecule has 3 N–H and O–H groups in total. The predicted molar refractivity (Wildman–Crippen MR) is 185 cm³/mol. The van der Waals surface area contributed by atoms with E-state index in [4.69, 9.17) is 9.84 Å². The number of aliphatic imine (C=N–C) groups is 1. The minimum atomic E-state index is -1.26. The second kappa shape index (κ2) is 16.5. The molecule has 5 rings (SSSR count). The lowest BCUT2D eigenvalue weighted by atomic mass is 9.97. The van der Waals surface area contributed by atoms with Gasteiger partial charge in [0, 0.05) is 43.7 Å². The highest BCUT2D eigenvalue weighted by molar-refractivity contribution is 9.11. The number of nitrogens with zero attached hydrogens (tertiary/aromatic N) is 4. The number of anilines is 1. The highest BCUT2D eigenvalue weighted by Crippen LogP contribution is 2.34. The zero-order valence-corrected chi connectivity index (χ0v) is 29.4. The van der Waals surface area contributed by atoms with E-state index in [2.05, 4.69) is 53.8 Å². The number of carboxylic acids is 1. The van der Waals surface area contributed by atoms with E-state index in [1.807, 2.05) is 34.1 Å². The highest BCUT2D eigenvalue weighted by Gasteiger charge is 2.33. The third-order valence-corrected chi connectivity index (χ3v) is 10.1. The summed E-state index contributed by atoms with van der Waals surface area (Å²) < 4.78 is 6.57. The number of allylic oxidation sites excluding steroid dienone is 1. The molecule has 3 aliphatic heterocycles. The van der Waals surface area contributed by atoms with E-state index in [-0.39, 0.29) is 36.7 Å². The van der Waals surface area contributed by atoms with Crippen LogP contribution in [0.2, 0.25) is 0 Å². The molecule has 0 aromatic heterocycles. The van der Waals surface area contributed by atoms with Gasteiger partial charge in [0.15, 0.2) is 6.10 Å². The molecule has 3 heterocycles. The molecule has 0 aliphatic carbocycles. The number of aliphatic carboxylic acids is 1. The summed E-state index contributed by atoms with van der Waals surface area (Å²) >= 11 is 6.60. The van der Waals surface area contributed by atoms with Crippen LogP contribution >= 0.6 is 31.9 Å². The molecule has 2 aromatic rings. The largest absolute Gasteiger partial charge is 0.506 e. The van der Waals surface area contributed by atoms with Crippen LogP contribution in [0.1, 0.15) is 36.8 Å². The molecule has 2 saturated heterocycles. The lowest BCUT2D eigenvalue weighted by Crippen LogP contribution is -2.50. The van der Waals surface area contributed by atoms with E-state index in [1.54, 1.807) is 23.1 Å². The van der Waals surface area contributed by atoms with Gasteiger partial charge in [0.1, 0.15) is 5.75 Å². The summed E-state index contributed by atoms with van der Waals surface area (Å²) in [6, 6.07) is 10.8. The van der Waals surface area contributed by atoms with Gasteiger partial charge in [-0.2, -0.15) is 4.99 Å². The van der Waals surface area contributed by atoms with E-state index in [9.17, 15) is 24.3 Å². The fraction of sp³-hybridized carbons (Fsp3) is 0.441. The minimum absolute atomic E-state index is 0.00310. The molecule has 2 aromatic carbocycles. The maximum absolute atomic E-state index is 13.3. The van der Waals surface area contributed by atoms with Gasteiger partial charge in [0.25, 0.3) is 5.91 Å². The molecule has 0 radical (unpaired) electrons. The third-order valence-electron chi connectivity index (χ3n) is 8.86. The maximum Gasteiger partial charge on any atom is 0.410 e. The Hall–Kier alpha value is -3.93. The van der Waals surface area contributed by atoms with Gasteiger partial charge in [-0.1, -0.05) is 23.9 Å². The van der Waals surface area contributed by atoms with Crippen LogP contribution in [0, 0.1) is 5.92 Å². The van der Waals surface area contributed by atoms with Crippen molar-refractivity contribution >= 4 is 67.4 Å². The standard InChI is InChI=1S/C34H37Br2N5O7/c35-26-18-23(19-27(36)31(26)44)20-29(32(45)37-12-3-4-22-7-13-39(14-8-22)21-30(42)43)48-34(47)40-15-10-25(11-16-40)41-17-9-24-5-1-2-6-28(24)38-33(41)46/h1-2,4-6,18-19,22,25,29,44H,7-11,13-17,20-21H2,(H,38,46)(H,42,43)/t29-/m1/s1. The van der Waals surface area contributed by atoms with Crippen LogP contribution in [-0.4, -0.2) is 106 Å².